The van der Waals surface area contributed by atoms with E-state index >= 15 is 0 Å². The molecule has 1 fully saturated rings. The lowest BCUT2D eigenvalue weighted by Gasteiger charge is -2.26. The molecule has 0 bridgehead atoms. The van der Waals surface area contributed by atoms with Crippen LogP contribution in [0.3, 0.4) is 0 Å². The van der Waals surface area contributed by atoms with Gasteiger partial charge < -0.3 is 29.4 Å². The zero-order valence-corrected chi connectivity index (χ0v) is 23.3. The first-order valence-electron chi connectivity index (χ1n) is 13.7. The maximum absolute atomic E-state index is 13.8. The highest BCUT2D eigenvalue weighted by molar-refractivity contribution is 6.26. The lowest BCUT2D eigenvalue weighted by Crippen LogP contribution is -2.41. The second kappa shape index (κ2) is 13.3. The number of ketones is 1. The van der Waals surface area contributed by atoms with Gasteiger partial charge in [-0.15, -0.1) is 0 Å². The number of allylic oxidation sites excluding steroid dienone is 1. The summed E-state index contributed by atoms with van der Waals surface area (Å²) in [5.74, 6) is -0.395. The first-order chi connectivity index (χ1) is 20.4. The SMILES string of the molecule is COc1ccc(C(=O)C(Cc2ccc(C(=O)NCCN3CCOCC3)cc2)=C(C(=O)O)c2ccc3c(c2)OCO3)cc1. The Labute approximate surface area is 243 Å². The molecule has 1 amide bonds. The van der Waals surface area contributed by atoms with E-state index in [4.69, 9.17) is 18.9 Å². The summed E-state index contributed by atoms with van der Waals surface area (Å²) in [7, 11) is 1.53. The van der Waals surface area contributed by atoms with Crippen molar-refractivity contribution in [3.8, 4) is 17.2 Å². The Kier molecular flexibility index (Phi) is 9.15. The van der Waals surface area contributed by atoms with Gasteiger partial charge in [-0.3, -0.25) is 14.5 Å². The summed E-state index contributed by atoms with van der Waals surface area (Å²) in [6.07, 6.45) is 0.0276. The van der Waals surface area contributed by atoms with E-state index in [1.54, 1.807) is 66.7 Å². The topological polar surface area (TPSA) is 124 Å². The third-order valence-corrected chi connectivity index (χ3v) is 7.22. The zero-order chi connectivity index (χ0) is 29.5. The third-order valence-electron chi connectivity index (χ3n) is 7.22. The standard InChI is InChI=1S/C32H32N2O8/c1-39-25-9-6-22(7-10-25)30(35)26(29(32(37)38)24-8-11-27-28(19-24)42-20-41-27)18-21-2-4-23(5-3-21)31(36)33-12-13-34-14-16-40-17-15-34/h2-11,19H,12-18,20H2,1H3,(H,33,36)(H,37,38). The van der Waals surface area contributed by atoms with Gasteiger partial charge in [0.15, 0.2) is 17.3 Å². The summed E-state index contributed by atoms with van der Waals surface area (Å²) in [5, 5.41) is 13.3. The van der Waals surface area contributed by atoms with Gasteiger partial charge >= 0.3 is 5.97 Å². The number of fused-ring (bicyclic) bond motifs is 1. The number of morpholine rings is 1. The van der Waals surface area contributed by atoms with Crippen LogP contribution >= 0.6 is 0 Å². The van der Waals surface area contributed by atoms with E-state index < -0.39 is 11.8 Å². The Bertz CT molecular complexity index is 1480. The first-order valence-corrected chi connectivity index (χ1v) is 13.7. The molecule has 2 heterocycles. The minimum Gasteiger partial charge on any atom is -0.497 e. The second-order valence-corrected chi connectivity index (χ2v) is 9.87. The summed E-state index contributed by atoms with van der Waals surface area (Å²) >= 11 is 0. The number of aliphatic carboxylic acids is 1. The fraction of sp³-hybridized carbons (Fsp3) is 0.281. The number of carbonyl (C=O) groups excluding carboxylic acids is 2. The number of methoxy groups -OCH3 is 1. The van der Waals surface area contributed by atoms with Gasteiger partial charge in [0.2, 0.25) is 6.79 Å². The molecule has 10 heteroatoms. The highest BCUT2D eigenvalue weighted by atomic mass is 16.7. The van der Waals surface area contributed by atoms with Gasteiger partial charge in [-0.1, -0.05) is 18.2 Å². The number of Topliss-reactive ketones (excluding diaryl/α,β-unsaturated/α-hetero) is 1. The summed E-state index contributed by atoms with van der Waals surface area (Å²) in [6.45, 7) is 4.39. The van der Waals surface area contributed by atoms with Gasteiger partial charge in [-0.05, 0) is 59.7 Å². The molecular formula is C32H32N2O8. The maximum Gasteiger partial charge on any atom is 0.336 e. The maximum atomic E-state index is 13.8. The second-order valence-electron chi connectivity index (χ2n) is 9.87. The van der Waals surface area contributed by atoms with Gasteiger partial charge in [0, 0.05) is 49.3 Å². The van der Waals surface area contributed by atoms with Crippen LogP contribution in [0.5, 0.6) is 17.2 Å². The Morgan fingerprint density at radius 3 is 2.24 bits per heavy atom. The van der Waals surface area contributed by atoms with Crippen LogP contribution in [0.4, 0.5) is 0 Å². The van der Waals surface area contributed by atoms with Crippen molar-refractivity contribution in [3.63, 3.8) is 0 Å². The van der Waals surface area contributed by atoms with Gasteiger partial charge in [-0.2, -0.15) is 0 Å². The molecule has 3 aromatic carbocycles. The smallest absolute Gasteiger partial charge is 0.336 e. The number of amides is 1. The van der Waals surface area contributed by atoms with E-state index in [9.17, 15) is 19.5 Å². The Balaban J connectivity index is 1.40. The quantitative estimate of drug-likeness (QED) is 0.263. The van der Waals surface area contributed by atoms with Gasteiger partial charge in [0.1, 0.15) is 5.75 Å². The molecule has 0 saturated carbocycles. The van der Waals surface area contributed by atoms with Crippen LogP contribution in [0.1, 0.15) is 31.8 Å². The number of ether oxygens (including phenoxy) is 4. The molecule has 0 aromatic heterocycles. The molecule has 42 heavy (non-hydrogen) atoms. The fourth-order valence-corrected chi connectivity index (χ4v) is 4.91. The van der Waals surface area contributed by atoms with Crippen LogP contribution in [-0.4, -0.2) is 81.0 Å². The molecule has 2 aliphatic heterocycles. The average molecular weight is 573 g/mol. The first kappa shape index (κ1) is 28.8. The van der Waals surface area contributed by atoms with Crippen LogP contribution in [-0.2, 0) is 16.0 Å². The molecule has 218 valence electrons. The number of hydrogen-bond donors (Lipinski definition) is 2. The van der Waals surface area contributed by atoms with Gasteiger partial charge in [0.25, 0.3) is 5.91 Å². The number of nitrogens with one attached hydrogen (secondary N) is 1. The normalized spacial score (nSPS) is 15.1. The van der Waals surface area contributed by atoms with Crippen LogP contribution < -0.4 is 19.5 Å². The van der Waals surface area contributed by atoms with E-state index in [1.165, 1.54) is 7.11 Å². The number of hydrogen-bond acceptors (Lipinski definition) is 8. The molecule has 2 N–H and O–H groups in total. The molecule has 5 rings (SSSR count). The van der Waals surface area contributed by atoms with Crippen molar-refractivity contribution < 1.29 is 38.4 Å². The van der Waals surface area contributed by atoms with Crippen molar-refractivity contribution in [2.45, 2.75) is 6.42 Å². The van der Waals surface area contributed by atoms with Crippen molar-refractivity contribution in [2.75, 3.05) is 53.3 Å². The van der Waals surface area contributed by atoms with Crippen molar-refractivity contribution >= 4 is 23.2 Å². The average Bonchev–Trinajstić information content (AvgIpc) is 3.49. The predicted molar refractivity (Wildman–Crippen MR) is 154 cm³/mol. The predicted octanol–water partition coefficient (Wildman–Crippen LogP) is 3.45. The Hall–Kier alpha value is -4.67. The largest absolute Gasteiger partial charge is 0.497 e. The van der Waals surface area contributed by atoms with Crippen LogP contribution in [0, 0.1) is 0 Å². The minimum atomic E-state index is -1.25. The molecule has 0 radical (unpaired) electrons. The van der Waals surface area contributed by atoms with E-state index in [2.05, 4.69) is 10.2 Å². The van der Waals surface area contributed by atoms with Crippen molar-refractivity contribution in [1.82, 2.24) is 10.2 Å². The van der Waals surface area contributed by atoms with Gasteiger partial charge in [0.05, 0.1) is 25.9 Å². The molecule has 0 aliphatic carbocycles. The minimum absolute atomic E-state index is 0.0276. The van der Waals surface area contributed by atoms with Crippen molar-refractivity contribution in [1.29, 1.82) is 0 Å². The molecule has 10 nitrogen and oxygen atoms in total. The summed E-state index contributed by atoms with van der Waals surface area (Å²) < 4.78 is 21.4. The molecule has 0 atom stereocenters. The molecule has 1 saturated heterocycles. The number of benzene rings is 3. The number of carboxylic acids is 1. The van der Waals surface area contributed by atoms with E-state index in [0.29, 0.717) is 59.3 Å². The molecule has 3 aromatic rings. The molecule has 2 aliphatic rings. The van der Waals surface area contributed by atoms with E-state index in [-0.39, 0.29) is 30.3 Å². The Morgan fingerprint density at radius 1 is 0.881 bits per heavy atom. The summed E-state index contributed by atoms with van der Waals surface area (Å²) in [4.78, 5) is 41.4. The third kappa shape index (κ3) is 6.79. The highest BCUT2D eigenvalue weighted by Gasteiger charge is 2.26. The van der Waals surface area contributed by atoms with E-state index in [0.717, 1.165) is 19.6 Å². The Morgan fingerprint density at radius 2 is 1.55 bits per heavy atom. The highest BCUT2D eigenvalue weighted by Crippen LogP contribution is 2.36. The molecule has 0 unspecified atom stereocenters. The van der Waals surface area contributed by atoms with E-state index in [1.807, 2.05) is 0 Å². The van der Waals surface area contributed by atoms with Crippen LogP contribution in [0.15, 0.2) is 72.3 Å². The number of carboxylic acid groups (broad SMARTS) is 1. The number of rotatable bonds is 11. The number of carbonyl (C=O) groups is 3. The van der Waals surface area contributed by atoms with Gasteiger partial charge in [-0.25, -0.2) is 4.79 Å². The van der Waals surface area contributed by atoms with Crippen LogP contribution in [0.2, 0.25) is 0 Å². The van der Waals surface area contributed by atoms with Crippen LogP contribution in [0.25, 0.3) is 5.57 Å². The molecular weight excluding hydrogens is 540 g/mol. The summed E-state index contributed by atoms with van der Waals surface area (Å²) in [6, 6.07) is 18.1. The lowest BCUT2D eigenvalue weighted by atomic mass is 9.89. The van der Waals surface area contributed by atoms with Crippen molar-refractivity contribution in [2.24, 2.45) is 0 Å². The number of nitrogens with zero attached hydrogens (tertiary/aromatic N) is 1. The zero-order valence-electron chi connectivity index (χ0n) is 23.3. The fourth-order valence-electron chi connectivity index (χ4n) is 4.91. The molecule has 0 spiro atoms. The summed E-state index contributed by atoms with van der Waals surface area (Å²) in [5.41, 5.74) is 1.74. The monoisotopic (exact) mass is 572 g/mol. The lowest BCUT2D eigenvalue weighted by molar-refractivity contribution is -0.130. The van der Waals surface area contributed by atoms with Crippen molar-refractivity contribution in [3.05, 3.63) is 94.6 Å².